The second-order valence-corrected chi connectivity index (χ2v) is 8.27. The molecule has 2 saturated heterocycles. The second kappa shape index (κ2) is 11.4. The number of carbonyl (C=O) groups excluding carboxylic acids is 1. The lowest BCUT2D eigenvalue weighted by molar-refractivity contribution is -0.126. The van der Waals surface area contributed by atoms with Crippen molar-refractivity contribution >= 4 is 47.2 Å². The van der Waals surface area contributed by atoms with Crippen LogP contribution >= 0.6 is 36.2 Å². The van der Waals surface area contributed by atoms with Gasteiger partial charge in [0.1, 0.15) is 0 Å². The van der Waals surface area contributed by atoms with Gasteiger partial charge in [0.15, 0.2) is 5.13 Å². The molecule has 0 radical (unpaired) electrons. The zero-order chi connectivity index (χ0) is 17.7. The number of carbonyl (C=O) groups is 1. The van der Waals surface area contributed by atoms with E-state index in [1.165, 1.54) is 0 Å². The van der Waals surface area contributed by atoms with Gasteiger partial charge in [0, 0.05) is 43.5 Å². The van der Waals surface area contributed by atoms with Gasteiger partial charge in [-0.15, -0.1) is 36.2 Å². The number of amides is 1. The van der Waals surface area contributed by atoms with Crippen molar-refractivity contribution in [2.45, 2.75) is 32.6 Å². The number of hydrogen-bond acceptors (Lipinski definition) is 6. The number of hydrogen-bond donors (Lipinski definition) is 2. The van der Waals surface area contributed by atoms with Crippen LogP contribution in [0.25, 0.3) is 0 Å². The van der Waals surface area contributed by atoms with Crippen LogP contribution in [0.5, 0.6) is 0 Å². The van der Waals surface area contributed by atoms with E-state index >= 15 is 0 Å². The molecule has 0 saturated carbocycles. The standard InChI is InChI=1S/C18H30N4O2S.2ClH/c1-14-11-25-17(21-14)22-9-3-15(4-10-22)16(23)20-12-18(13-24-2)5-7-19-8-6-18;;/h11,15,19H,3-10,12-13H2,1-2H3,(H,20,23);2*1H. The van der Waals surface area contributed by atoms with Crippen molar-refractivity contribution in [1.82, 2.24) is 15.6 Å². The molecule has 2 fully saturated rings. The molecule has 0 unspecified atom stereocenters. The average Bonchev–Trinajstić information content (AvgIpc) is 3.07. The fourth-order valence-corrected chi connectivity index (χ4v) is 4.73. The van der Waals surface area contributed by atoms with Crippen molar-refractivity contribution in [3.63, 3.8) is 0 Å². The molecule has 156 valence electrons. The van der Waals surface area contributed by atoms with Crippen LogP contribution in [0.4, 0.5) is 5.13 Å². The van der Waals surface area contributed by atoms with Gasteiger partial charge in [-0.2, -0.15) is 0 Å². The Morgan fingerprint density at radius 3 is 2.59 bits per heavy atom. The molecule has 0 bridgehead atoms. The van der Waals surface area contributed by atoms with E-state index in [0.29, 0.717) is 0 Å². The summed E-state index contributed by atoms with van der Waals surface area (Å²) in [5, 5.41) is 9.79. The maximum Gasteiger partial charge on any atom is 0.223 e. The average molecular weight is 439 g/mol. The predicted octanol–water partition coefficient (Wildman–Crippen LogP) is 2.64. The summed E-state index contributed by atoms with van der Waals surface area (Å²) in [6.45, 7) is 7.31. The highest BCUT2D eigenvalue weighted by molar-refractivity contribution is 7.13. The van der Waals surface area contributed by atoms with E-state index in [4.69, 9.17) is 4.74 Å². The zero-order valence-electron chi connectivity index (χ0n) is 16.2. The number of rotatable bonds is 6. The maximum atomic E-state index is 12.6. The van der Waals surface area contributed by atoms with E-state index in [9.17, 15) is 4.79 Å². The van der Waals surface area contributed by atoms with Gasteiger partial charge in [-0.1, -0.05) is 0 Å². The smallest absolute Gasteiger partial charge is 0.223 e. The number of methoxy groups -OCH3 is 1. The number of piperidine rings is 2. The fourth-order valence-electron chi connectivity index (χ4n) is 3.87. The lowest BCUT2D eigenvalue weighted by Crippen LogP contribution is -2.49. The molecule has 1 aromatic rings. The lowest BCUT2D eigenvalue weighted by Gasteiger charge is -2.38. The Bertz CT molecular complexity index is 568. The van der Waals surface area contributed by atoms with Crippen molar-refractivity contribution in [2.75, 3.05) is 51.3 Å². The van der Waals surface area contributed by atoms with Gasteiger partial charge in [0.05, 0.1) is 12.3 Å². The summed E-state index contributed by atoms with van der Waals surface area (Å²) in [5.74, 6) is 0.336. The lowest BCUT2D eigenvalue weighted by atomic mass is 9.79. The number of aryl methyl sites for hydroxylation is 1. The van der Waals surface area contributed by atoms with Crippen LogP contribution in [-0.4, -0.2) is 57.3 Å². The first kappa shape index (κ1) is 24.4. The number of anilines is 1. The summed E-state index contributed by atoms with van der Waals surface area (Å²) in [5.41, 5.74) is 1.17. The molecule has 2 aliphatic heterocycles. The molecule has 2 N–H and O–H groups in total. The number of thiazole rings is 1. The highest BCUT2D eigenvalue weighted by Crippen LogP contribution is 2.29. The summed E-state index contributed by atoms with van der Waals surface area (Å²) in [6.07, 6.45) is 3.93. The molecule has 0 aliphatic carbocycles. The summed E-state index contributed by atoms with van der Waals surface area (Å²) in [6, 6.07) is 0. The molecule has 3 rings (SSSR count). The Kier molecular flexibility index (Phi) is 10.3. The van der Waals surface area contributed by atoms with Gasteiger partial charge < -0.3 is 20.3 Å². The molecular weight excluding hydrogens is 407 g/mol. The SMILES string of the molecule is COCC1(CNC(=O)C2CCN(c3nc(C)cs3)CC2)CCNCC1.Cl.Cl. The predicted molar refractivity (Wildman–Crippen MR) is 116 cm³/mol. The van der Waals surface area contributed by atoms with Gasteiger partial charge in [0.25, 0.3) is 0 Å². The Labute approximate surface area is 178 Å². The van der Waals surface area contributed by atoms with Crippen molar-refractivity contribution < 1.29 is 9.53 Å². The van der Waals surface area contributed by atoms with Gasteiger partial charge in [0.2, 0.25) is 5.91 Å². The van der Waals surface area contributed by atoms with Crippen LogP contribution in [0, 0.1) is 18.3 Å². The molecule has 6 nitrogen and oxygen atoms in total. The quantitative estimate of drug-likeness (QED) is 0.714. The Morgan fingerprint density at radius 2 is 2.04 bits per heavy atom. The van der Waals surface area contributed by atoms with Crippen LogP contribution in [0.15, 0.2) is 5.38 Å². The molecule has 0 aromatic carbocycles. The van der Waals surface area contributed by atoms with E-state index in [0.717, 1.165) is 75.8 Å². The Hall–Kier alpha value is -0.600. The normalized spacial score (nSPS) is 19.7. The summed E-state index contributed by atoms with van der Waals surface area (Å²) in [4.78, 5) is 19.5. The number of halogens is 2. The first-order chi connectivity index (χ1) is 12.1. The van der Waals surface area contributed by atoms with Gasteiger partial charge >= 0.3 is 0 Å². The monoisotopic (exact) mass is 438 g/mol. The molecule has 2 aliphatic rings. The summed E-state index contributed by atoms with van der Waals surface area (Å²) in [7, 11) is 1.75. The molecule has 9 heteroatoms. The molecule has 0 atom stereocenters. The molecule has 1 aromatic heterocycles. The Morgan fingerprint density at radius 1 is 1.37 bits per heavy atom. The van der Waals surface area contributed by atoms with Gasteiger partial charge in [-0.05, 0) is 45.7 Å². The largest absolute Gasteiger partial charge is 0.384 e. The molecular formula is C18H32Cl2N4O2S. The molecule has 3 heterocycles. The summed E-state index contributed by atoms with van der Waals surface area (Å²) >= 11 is 1.69. The third kappa shape index (κ3) is 6.46. The number of nitrogens with one attached hydrogen (secondary N) is 2. The number of aromatic nitrogens is 1. The third-order valence-electron chi connectivity index (χ3n) is 5.50. The molecule has 27 heavy (non-hydrogen) atoms. The zero-order valence-corrected chi connectivity index (χ0v) is 18.6. The van der Waals surface area contributed by atoms with E-state index in [2.05, 4.69) is 25.9 Å². The van der Waals surface area contributed by atoms with Gasteiger partial charge in [-0.3, -0.25) is 4.79 Å². The third-order valence-corrected chi connectivity index (χ3v) is 6.51. The van der Waals surface area contributed by atoms with E-state index in [1.807, 2.05) is 6.92 Å². The minimum atomic E-state index is 0. The van der Waals surface area contributed by atoms with Crippen molar-refractivity contribution in [1.29, 1.82) is 0 Å². The van der Waals surface area contributed by atoms with Crippen LogP contribution in [-0.2, 0) is 9.53 Å². The number of ether oxygens (including phenoxy) is 1. The second-order valence-electron chi connectivity index (χ2n) is 7.43. The van der Waals surface area contributed by atoms with Crippen LogP contribution < -0.4 is 15.5 Å². The van der Waals surface area contributed by atoms with Crippen molar-refractivity contribution in [2.24, 2.45) is 11.3 Å². The van der Waals surface area contributed by atoms with Crippen molar-refractivity contribution in [3.05, 3.63) is 11.1 Å². The van der Waals surface area contributed by atoms with Crippen LogP contribution in [0.3, 0.4) is 0 Å². The molecule has 1 amide bonds. The fraction of sp³-hybridized carbons (Fsp3) is 0.778. The highest BCUT2D eigenvalue weighted by Gasteiger charge is 2.34. The van der Waals surface area contributed by atoms with Gasteiger partial charge in [-0.25, -0.2) is 4.98 Å². The minimum absolute atomic E-state index is 0. The number of nitrogens with zero attached hydrogens (tertiary/aromatic N) is 2. The maximum absolute atomic E-state index is 12.6. The van der Waals surface area contributed by atoms with Crippen LogP contribution in [0.1, 0.15) is 31.4 Å². The minimum Gasteiger partial charge on any atom is -0.384 e. The summed E-state index contributed by atoms with van der Waals surface area (Å²) < 4.78 is 5.44. The first-order valence-electron chi connectivity index (χ1n) is 9.26. The molecule has 0 spiro atoms. The van der Waals surface area contributed by atoms with E-state index in [-0.39, 0.29) is 42.1 Å². The Balaban J connectivity index is 0.00000182. The van der Waals surface area contributed by atoms with Crippen LogP contribution in [0.2, 0.25) is 0 Å². The van der Waals surface area contributed by atoms with E-state index in [1.54, 1.807) is 18.4 Å². The first-order valence-corrected chi connectivity index (χ1v) is 10.1. The topological polar surface area (TPSA) is 66.5 Å². The van der Waals surface area contributed by atoms with Crippen molar-refractivity contribution in [3.8, 4) is 0 Å². The van der Waals surface area contributed by atoms with E-state index < -0.39 is 0 Å². The highest BCUT2D eigenvalue weighted by atomic mass is 35.5.